The molecule has 3 rings (SSSR count). The molecule has 0 aromatic carbocycles. The predicted molar refractivity (Wildman–Crippen MR) is 74.2 cm³/mol. The smallest absolute Gasteiger partial charge is 0.154 e. The van der Waals surface area contributed by atoms with Gasteiger partial charge in [0.1, 0.15) is 0 Å². The van der Waals surface area contributed by atoms with Crippen molar-refractivity contribution in [2.75, 3.05) is 24.6 Å². The van der Waals surface area contributed by atoms with Crippen molar-refractivity contribution in [1.82, 2.24) is 10.2 Å². The molecule has 2 aliphatic rings. The van der Waals surface area contributed by atoms with Crippen molar-refractivity contribution < 1.29 is 4.74 Å². The number of nitrogens with two attached hydrogens (primary N) is 1. The highest BCUT2D eigenvalue weighted by Gasteiger charge is 2.41. The number of hydrogen-bond donors (Lipinski definition) is 1. The Morgan fingerprint density at radius 3 is 2.74 bits per heavy atom. The van der Waals surface area contributed by atoms with Crippen LogP contribution in [0.5, 0.6) is 0 Å². The molecule has 0 aliphatic carbocycles. The van der Waals surface area contributed by atoms with Gasteiger partial charge in [0.25, 0.3) is 0 Å². The monoisotopic (exact) mass is 262 g/mol. The van der Waals surface area contributed by atoms with Gasteiger partial charge in [0.15, 0.2) is 5.82 Å². The molecule has 2 fully saturated rings. The Morgan fingerprint density at radius 1 is 1.37 bits per heavy atom. The van der Waals surface area contributed by atoms with Crippen molar-refractivity contribution in [2.45, 2.75) is 44.8 Å². The molecule has 19 heavy (non-hydrogen) atoms. The number of piperidine rings is 1. The van der Waals surface area contributed by atoms with Crippen LogP contribution in [0.25, 0.3) is 0 Å². The van der Waals surface area contributed by atoms with Crippen LogP contribution < -0.4 is 10.6 Å². The first kappa shape index (κ1) is 12.8. The number of ether oxygens (including phenoxy) is 1. The average Bonchev–Trinajstić information content (AvgIpc) is 2.76. The van der Waals surface area contributed by atoms with E-state index in [1.807, 2.05) is 6.20 Å². The van der Waals surface area contributed by atoms with E-state index in [0.717, 1.165) is 38.2 Å². The fraction of sp³-hybridized carbons (Fsp3) is 0.714. The summed E-state index contributed by atoms with van der Waals surface area (Å²) in [5, 5.41) is 8.38. The van der Waals surface area contributed by atoms with Gasteiger partial charge in [-0.05, 0) is 44.2 Å². The molecule has 0 saturated carbocycles. The maximum atomic E-state index is 5.97. The van der Waals surface area contributed by atoms with Crippen molar-refractivity contribution in [1.29, 1.82) is 0 Å². The predicted octanol–water partition coefficient (Wildman–Crippen LogP) is 1.18. The number of aryl methyl sites for hydroxylation is 1. The molecule has 2 aliphatic heterocycles. The van der Waals surface area contributed by atoms with Crippen LogP contribution in [0, 0.1) is 13.8 Å². The minimum atomic E-state index is 0.0288. The molecule has 1 aromatic heterocycles. The summed E-state index contributed by atoms with van der Waals surface area (Å²) in [6.07, 6.45) is 4.90. The molecule has 1 unspecified atom stereocenters. The van der Waals surface area contributed by atoms with E-state index in [1.54, 1.807) is 0 Å². The van der Waals surface area contributed by atoms with Crippen molar-refractivity contribution in [3.63, 3.8) is 0 Å². The fourth-order valence-electron chi connectivity index (χ4n) is 3.17. The van der Waals surface area contributed by atoms with Crippen LogP contribution in [0.2, 0.25) is 0 Å². The lowest BCUT2D eigenvalue weighted by molar-refractivity contribution is -0.0149. The Balaban J connectivity index is 1.72. The molecule has 3 heterocycles. The van der Waals surface area contributed by atoms with Crippen molar-refractivity contribution in [3.8, 4) is 0 Å². The van der Waals surface area contributed by atoms with Gasteiger partial charge in [-0.1, -0.05) is 0 Å². The molecular weight excluding hydrogens is 240 g/mol. The van der Waals surface area contributed by atoms with Gasteiger partial charge in [-0.3, -0.25) is 0 Å². The van der Waals surface area contributed by atoms with Gasteiger partial charge in [0.2, 0.25) is 0 Å². The van der Waals surface area contributed by atoms with Crippen LogP contribution in [-0.2, 0) is 4.74 Å². The Kier molecular flexibility index (Phi) is 3.19. The first-order valence-electron chi connectivity index (χ1n) is 7.03. The lowest BCUT2D eigenvalue weighted by Gasteiger charge is -2.39. The number of aromatic nitrogens is 2. The van der Waals surface area contributed by atoms with E-state index in [2.05, 4.69) is 28.9 Å². The quantitative estimate of drug-likeness (QED) is 0.823. The van der Waals surface area contributed by atoms with Crippen LogP contribution >= 0.6 is 0 Å². The topological polar surface area (TPSA) is 64.3 Å². The lowest BCUT2D eigenvalue weighted by atomic mass is 9.87. The molecule has 1 atom stereocenters. The summed E-state index contributed by atoms with van der Waals surface area (Å²) in [6, 6.07) is 0.215. The van der Waals surface area contributed by atoms with Crippen LogP contribution in [0.3, 0.4) is 0 Å². The largest absolute Gasteiger partial charge is 0.373 e. The van der Waals surface area contributed by atoms with E-state index in [9.17, 15) is 0 Å². The highest BCUT2D eigenvalue weighted by molar-refractivity contribution is 5.48. The first-order chi connectivity index (χ1) is 9.10. The van der Waals surface area contributed by atoms with E-state index in [0.29, 0.717) is 6.61 Å². The van der Waals surface area contributed by atoms with Crippen molar-refractivity contribution >= 4 is 5.82 Å². The summed E-state index contributed by atoms with van der Waals surface area (Å²) in [5.74, 6) is 1.03. The number of hydrogen-bond acceptors (Lipinski definition) is 5. The zero-order chi connectivity index (χ0) is 13.5. The molecular formula is C14H22N4O. The number of rotatable bonds is 1. The summed E-state index contributed by atoms with van der Waals surface area (Å²) in [4.78, 5) is 2.33. The summed E-state index contributed by atoms with van der Waals surface area (Å²) in [6.45, 7) is 6.87. The Labute approximate surface area is 114 Å². The van der Waals surface area contributed by atoms with Gasteiger partial charge < -0.3 is 15.4 Å². The van der Waals surface area contributed by atoms with Crippen LogP contribution in [-0.4, -0.2) is 41.5 Å². The van der Waals surface area contributed by atoms with Crippen LogP contribution in [0.15, 0.2) is 6.20 Å². The summed E-state index contributed by atoms with van der Waals surface area (Å²) in [7, 11) is 0. The fourth-order valence-corrected chi connectivity index (χ4v) is 3.17. The Bertz CT molecular complexity index is 469. The highest BCUT2D eigenvalue weighted by atomic mass is 16.5. The zero-order valence-corrected chi connectivity index (χ0v) is 11.7. The summed E-state index contributed by atoms with van der Waals surface area (Å²) in [5.41, 5.74) is 8.43. The molecule has 0 radical (unpaired) electrons. The maximum absolute atomic E-state index is 5.97. The van der Waals surface area contributed by atoms with E-state index in [-0.39, 0.29) is 11.6 Å². The molecule has 5 nitrogen and oxygen atoms in total. The normalized spacial score (nSPS) is 26.1. The average molecular weight is 262 g/mol. The Hall–Kier alpha value is -1.20. The SMILES string of the molecule is Cc1cnnc(N2CCC3(CC2)CC(N)CO3)c1C. The third-order valence-electron chi connectivity index (χ3n) is 4.54. The second kappa shape index (κ2) is 4.72. The lowest BCUT2D eigenvalue weighted by Crippen LogP contribution is -2.45. The third kappa shape index (κ3) is 2.32. The summed E-state index contributed by atoms with van der Waals surface area (Å²) < 4.78 is 5.94. The van der Waals surface area contributed by atoms with E-state index in [1.165, 1.54) is 11.1 Å². The molecule has 1 aromatic rings. The van der Waals surface area contributed by atoms with Gasteiger partial charge in [-0.2, -0.15) is 5.10 Å². The minimum absolute atomic E-state index is 0.0288. The highest BCUT2D eigenvalue weighted by Crippen LogP contribution is 2.36. The zero-order valence-electron chi connectivity index (χ0n) is 11.7. The van der Waals surface area contributed by atoms with Gasteiger partial charge in [-0.25, -0.2) is 0 Å². The van der Waals surface area contributed by atoms with Crippen LogP contribution in [0.4, 0.5) is 5.82 Å². The van der Waals surface area contributed by atoms with Crippen LogP contribution in [0.1, 0.15) is 30.4 Å². The molecule has 0 amide bonds. The Morgan fingerprint density at radius 2 is 2.11 bits per heavy atom. The summed E-state index contributed by atoms with van der Waals surface area (Å²) >= 11 is 0. The first-order valence-corrected chi connectivity index (χ1v) is 7.03. The minimum Gasteiger partial charge on any atom is -0.373 e. The van der Waals surface area contributed by atoms with E-state index >= 15 is 0 Å². The van der Waals surface area contributed by atoms with E-state index in [4.69, 9.17) is 10.5 Å². The second-order valence-electron chi connectivity index (χ2n) is 5.92. The van der Waals surface area contributed by atoms with Crippen molar-refractivity contribution in [2.24, 2.45) is 5.73 Å². The standard InChI is InChI=1S/C14H22N4O/c1-10-8-16-17-13(11(10)2)18-5-3-14(4-6-18)7-12(15)9-19-14/h8,12H,3-7,9,15H2,1-2H3. The molecule has 2 saturated heterocycles. The molecule has 0 bridgehead atoms. The van der Waals surface area contributed by atoms with Gasteiger partial charge in [0, 0.05) is 19.1 Å². The van der Waals surface area contributed by atoms with Gasteiger partial charge >= 0.3 is 0 Å². The van der Waals surface area contributed by atoms with Crippen molar-refractivity contribution in [3.05, 3.63) is 17.3 Å². The molecule has 104 valence electrons. The number of anilines is 1. The maximum Gasteiger partial charge on any atom is 0.154 e. The molecule has 2 N–H and O–H groups in total. The number of nitrogens with zero attached hydrogens (tertiary/aromatic N) is 3. The second-order valence-corrected chi connectivity index (χ2v) is 5.92. The van der Waals surface area contributed by atoms with Gasteiger partial charge in [0.05, 0.1) is 18.4 Å². The third-order valence-corrected chi connectivity index (χ3v) is 4.54. The molecule has 1 spiro atoms. The van der Waals surface area contributed by atoms with Gasteiger partial charge in [-0.15, -0.1) is 5.10 Å². The van der Waals surface area contributed by atoms with E-state index < -0.39 is 0 Å². The molecule has 5 heteroatoms.